The van der Waals surface area contributed by atoms with E-state index in [1.165, 1.54) is 12.1 Å². The van der Waals surface area contributed by atoms with Gasteiger partial charge in [-0.05, 0) is 49.7 Å². The molecule has 0 bridgehead atoms. The normalized spacial score (nSPS) is 11.8. The molecule has 2 aromatic carbocycles. The Balaban J connectivity index is 1.98. The van der Waals surface area contributed by atoms with Crippen LogP contribution in [0.1, 0.15) is 12.5 Å². The Morgan fingerprint density at radius 1 is 1.20 bits per heavy atom. The highest BCUT2D eigenvalue weighted by molar-refractivity contribution is 5.94. The number of ether oxygens (including phenoxy) is 1. The van der Waals surface area contributed by atoms with Gasteiger partial charge < -0.3 is 10.1 Å². The molecular formula is C16H16FNO2. The molecule has 3 nitrogen and oxygen atoms in total. The molecule has 1 unspecified atom stereocenters. The van der Waals surface area contributed by atoms with Crippen molar-refractivity contribution >= 4 is 11.6 Å². The summed E-state index contributed by atoms with van der Waals surface area (Å²) in [6.07, 6.45) is -0.667. The van der Waals surface area contributed by atoms with Crippen molar-refractivity contribution in [3.05, 3.63) is 59.9 Å². The largest absolute Gasteiger partial charge is 0.481 e. The number of carbonyl (C=O) groups excluding carboxylic acids is 1. The summed E-state index contributed by atoms with van der Waals surface area (Å²) in [5.74, 6) is -0.0727. The van der Waals surface area contributed by atoms with E-state index < -0.39 is 6.10 Å². The lowest BCUT2D eigenvalue weighted by Crippen LogP contribution is -2.30. The van der Waals surface area contributed by atoms with Gasteiger partial charge in [-0.2, -0.15) is 0 Å². The van der Waals surface area contributed by atoms with Gasteiger partial charge in [-0.15, -0.1) is 0 Å². The highest BCUT2D eigenvalue weighted by Crippen LogP contribution is 2.17. The standard InChI is InChI=1S/C16H16FNO2/c1-11-10-14(8-9-15(11)17)20-12(2)16(19)18-13-6-4-3-5-7-13/h3-10,12H,1-2H3,(H,18,19). The summed E-state index contributed by atoms with van der Waals surface area (Å²) in [6.45, 7) is 3.30. The maximum atomic E-state index is 13.1. The zero-order valence-corrected chi connectivity index (χ0v) is 11.4. The van der Waals surface area contributed by atoms with Gasteiger partial charge in [0.2, 0.25) is 0 Å². The van der Waals surface area contributed by atoms with E-state index in [1.54, 1.807) is 32.0 Å². The van der Waals surface area contributed by atoms with Crippen LogP contribution in [0.15, 0.2) is 48.5 Å². The summed E-state index contributed by atoms with van der Waals surface area (Å²) in [4.78, 5) is 12.0. The molecule has 2 aromatic rings. The fourth-order valence-electron chi connectivity index (χ4n) is 1.71. The van der Waals surface area contributed by atoms with Crippen LogP contribution in [0.4, 0.5) is 10.1 Å². The summed E-state index contributed by atoms with van der Waals surface area (Å²) in [6, 6.07) is 13.5. The lowest BCUT2D eigenvalue weighted by Gasteiger charge is -2.15. The predicted octanol–water partition coefficient (Wildman–Crippen LogP) is 3.54. The van der Waals surface area contributed by atoms with E-state index in [-0.39, 0.29) is 11.7 Å². The highest BCUT2D eigenvalue weighted by atomic mass is 19.1. The minimum absolute atomic E-state index is 0.252. The van der Waals surface area contributed by atoms with Gasteiger partial charge >= 0.3 is 0 Å². The second kappa shape index (κ2) is 6.19. The molecule has 0 radical (unpaired) electrons. The van der Waals surface area contributed by atoms with E-state index in [2.05, 4.69) is 5.32 Å². The molecule has 1 atom stereocenters. The van der Waals surface area contributed by atoms with Gasteiger partial charge in [0.15, 0.2) is 6.10 Å². The Bertz CT molecular complexity index is 599. The van der Waals surface area contributed by atoms with Gasteiger partial charge in [0, 0.05) is 5.69 Å². The van der Waals surface area contributed by atoms with Crippen LogP contribution in [0.3, 0.4) is 0 Å². The number of halogens is 1. The Labute approximate surface area is 117 Å². The van der Waals surface area contributed by atoms with E-state index in [9.17, 15) is 9.18 Å². The molecule has 0 aliphatic carbocycles. The number of anilines is 1. The number of nitrogens with one attached hydrogen (secondary N) is 1. The van der Waals surface area contributed by atoms with E-state index in [0.717, 1.165) is 0 Å². The van der Waals surface area contributed by atoms with Gasteiger partial charge in [-0.1, -0.05) is 18.2 Å². The first kappa shape index (κ1) is 14.1. The van der Waals surface area contributed by atoms with Gasteiger partial charge in [0.25, 0.3) is 5.91 Å². The second-order valence-electron chi connectivity index (χ2n) is 4.53. The predicted molar refractivity (Wildman–Crippen MR) is 76.3 cm³/mol. The van der Waals surface area contributed by atoms with Crippen LogP contribution in [-0.4, -0.2) is 12.0 Å². The van der Waals surface area contributed by atoms with E-state index in [1.807, 2.05) is 18.2 Å². The molecule has 0 aliphatic heterocycles. The van der Waals surface area contributed by atoms with E-state index in [4.69, 9.17) is 4.74 Å². The molecule has 0 spiro atoms. The fraction of sp³-hybridized carbons (Fsp3) is 0.188. The number of hydrogen-bond acceptors (Lipinski definition) is 2. The molecule has 0 aromatic heterocycles. The zero-order valence-electron chi connectivity index (χ0n) is 11.4. The number of carbonyl (C=O) groups is 1. The molecular weight excluding hydrogens is 257 g/mol. The second-order valence-corrected chi connectivity index (χ2v) is 4.53. The number of hydrogen-bond donors (Lipinski definition) is 1. The monoisotopic (exact) mass is 273 g/mol. The number of amides is 1. The molecule has 0 saturated heterocycles. The summed E-state index contributed by atoms with van der Waals surface area (Å²) in [7, 11) is 0. The fourth-order valence-corrected chi connectivity index (χ4v) is 1.71. The molecule has 0 saturated carbocycles. The van der Waals surface area contributed by atoms with Crippen molar-refractivity contribution < 1.29 is 13.9 Å². The summed E-state index contributed by atoms with van der Waals surface area (Å²) in [5, 5.41) is 2.75. The number of aryl methyl sites for hydroxylation is 1. The van der Waals surface area contributed by atoms with E-state index >= 15 is 0 Å². The first-order valence-electron chi connectivity index (χ1n) is 6.35. The minimum atomic E-state index is -0.667. The molecule has 0 fully saturated rings. The van der Waals surface area contributed by atoms with Crippen molar-refractivity contribution in [1.82, 2.24) is 0 Å². The van der Waals surface area contributed by atoms with Crippen LogP contribution in [0.25, 0.3) is 0 Å². The third kappa shape index (κ3) is 3.57. The molecule has 1 N–H and O–H groups in total. The summed E-state index contributed by atoms with van der Waals surface area (Å²) in [5.41, 5.74) is 1.20. The van der Waals surface area contributed by atoms with Gasteiger partial charge in [-0.25, -0.2) is 4.39 Å². The van der Waals surface area contributed by atoms with Gasteiger partial charge in [-0.3, -0.25) is 4.79 Å². The average molecular weight is 273 g/mol. The summed E-state index contributed by atoms with van der Waals surface area (Å²) < 4.78 is 18.7. The van der Waals surface area contributed by atoms with Crippen molar-refractivity contribution in [1.29, 1.82) is 0 Å². The number of benzene rings is 2. The van der Waals surface area contributed by atoms with Crippen LogP contribution in [0.5, 0.6) is 5.75 Å². The lowest BCUT2D eigenvalue weighted by molar-refractivity contribution is -0.122. The van der Waals surface area contributed by atoms with Crippen LogP contribution in [-0.2, 0) is 4.79 Å². The SMILES string of the molecule is Cc1cc(OC(C)C(=O)Nc2ccccc2)ccc1F. The smallest absolute Gasteiger partial charge is 0.265 e. The molecule has 2 rings (SSSR count). The average Bonchev–Trinajstić information content (AvgIpc) is 2.44. The number of rotatable bonds is 4. The Kier molecular flexibility index (Phi) is 4.35. The van der Waals surface area contributed by atoms with E-state index in [0.29, 0.717) is 17.0 Å². The van der Waals surface area contributed by atoms with Crippen LogP contribution < -0.4 is 10.1 Å². The topological polar surface area (TPSA) is 38.3 Å². The molecule has 20 heavy (non-hydrogen) atoms. The first-order valence-corrected chi connectivity index (χ1v) is 6.35. The van der Waals surface area contributed by atoms with Crippen molar-refractivity contribution in [2.24, 2.45) is 0 Å². The van der Waals surface area contributed by atoms with Crippen molar-refractivity contribution in [2.45, 2.75) is 20.0 Å². The molecule has 1 amide bonds. The zero-order chi connectivity index (χ0) is 14.5. The van der Waals surface area contributed by atoms with Gasteiger partial charge in [0.1, 0.15) is 11.6 Å². The van der Waals surface area contributed by atoms with Crippen molar-refractivity contribution in [3.8, 4) is 5.75 Å². The Morgan fingerprint density at radius 3 is 2.55 bits per heavy atom. The Morgan fingerprint density at radius 2 is 1.90 bits per heavy atom. The quantitative estimate of drug-likeness (QED) is 0.925. The molecule has 0 aliphatic rings. The highest BCUT2D eigenvalue weighted by Gasteiger charge is 2.15. The maximum absolute atomic E-state index is 13.1. The summed E-state index contributed by atoms with van der Waals surface area (Å²) >= 11 is 0. The molecule has 104 valence electrons. The van der Waals surface area contributed by atoms with Crippen molar-refractivity contribution in [2.75, 3.05) is 5.32 Å². The third-order valence-corrected chi connectivity index (χ3v) is 2.85. The first-order chi connectivity index (χ1) is 9.56. The minimum Gasteiger partial charge on any atom is -0.481 e. The van der Waals surface area contributed by atoms with Gasteiger partial charge in [0.05, 0.1) is 0 Å². The molecule has 4 heteroatoms. The number of para-hydroxylation sites is 1. The van der Waals surface area contributed by atoms with Crippen molar-refractivity contribution in [3.63, 3.8) is 0 Å². The Hall–Kier alpha value is -2.36. The molecule has 0 heterocycles. The maximum Gasteiger partial charge on any atom is 0.265 e. The van der Waals surface area contributed by atoms with Crippen LogP contribution in [0, 0.1) is 12.7 Å². The lowest BCUT2D eigenvalue weighted by atomic mass is 10.2. The third-order valence-electron chi connectivity index (χ3n) is 2.85. The van der Waals surface area contributed by atoms with Crippen LogP contribution in [0.2, 0.25) is 0 Å². The van der Waals surface area contributed by atoms with Crippen LogP contribution >= 0.6 is 0 Å².